The Morgan fingerprint density at radius 2 is 1.73 bits per heavy atom. The van der Waals surface area contributed by atoms with E-state index < -0.39 is 29.3 Å². The van der Waals surface area contributed by atoms with Crippen LogP contribution in [0.4, 0.5) is 4.39 Å². The molecule has 1 atom stereocenters. The number of likely N-dealkylation sites (tertiary alicyclic amines) is 1. The molecule has 2 heterocycles. The van der Waals surface area contributed by atoms with Crippen molar-refractivity contribution in [2.75, 3.05) is 46.5 Å². The Balaban J connectivity index is 1.51. The fourth-order valence-corrected chi connectivity index (χ4v) is 5.09. The first-order valence-corrected chi connectivity index (χ1v) is 13.2. The Bertz CT molecular complexity index is 1400. The molecule has 2 fully saturated rings. The highest BCUT2D eigenvalue weighted by atomic mass is 19.1. The van der Waals surface area contributed by atoms with Crippen LogP contribution in [0.15, 0.2) is 78.4 Å². The molecule has 0 spiro atoms. The molecule has 1 amide bonds. The van der Waals surface area contributed by atoms with Gasteiger partial charge in [-0.3, -0.25) is 14.5 Å². The van der Waals surface area contributed by atoms with Gasteiger partial charge in [-0.1, -0.05) is 30.3 Å². The second-order valence-electron chi connectivity index (χ2n) is 9.64. The first kappa shape index (κ1) is 27.4. The fourth-order valence-electron chi connectivity index (χ4n) is 5.09. The van der Waals surface area contributed by atoms with Gasteiger partial charge in [0, 0.05) is 31.7 Å². The largest absolute Gasteiger partial charge is 0.507 e. The number of halogens is 1. The summed E-state index contributed by atoms with van der Waals surface area (Å²) in [6.45, 7) is 3.98. The number of amides is 1. The van der Waals surface area contributed by atoms with Gasteiger partial charge in [0.1, 0.15) is 17.3 Å². The quantitative estimate of drug-likeness (QED) is 0.235. The van der Waals surface area contributed by atoms with Crippen LogP contribution in [0.1, 0.15) is 23.6 Å². The van der Waals surface area contributed by atoms with E-state index in [9.17, 15) is 19.1 Å². The standard InChI is InChI=1S/C31H31FN2O6/c1-38-26-12-11-22(20-25(26)32)29(35)27-28(21-7-5-10-24(19-21)40-23-8-3-2-4-9-23)34(31(37)30(27)36)14-6-13-33-15-17-39-18-16-33/h2-5,7-12,19-20,28,35H,6,13-18H2,1H3/b29-27+. The highest BCUT2D eigenvalue weighted by Gasteiger charge is 2.46. The van der Waals surface area contributed by atoms with Crippen LogP contribution in [0.3, 0.4) is 0 Å². The van der Waals surface area contributed by atoms with Crippen molar-refractivity contribution in [3.05, 3.63) is 95.3 Å². The number of ketones is 1. The summed E-state index contributed by atoms with van der Waals surface area (Å²) in [7, 11) is 1.34. The van der Waals surface area contributed by atoms with Crippen LogP contribution in [0.2, 0.25) is 0 Å². The molecule has 2 aliphatic rings. The number of benzene rings is 3. The predicted molar refractivity (Wildman–Crippen MR) is 147 cm³/mol. The molecule has 0 aromatic heterocycles. The van der Waals surface area contributed by atoms with Gasteiger partial charge in [0.25, 0.3) is 11.7 Å². The van der Waals surface area contributed by atoms with Crippen LogP contribution in [-0.4, -0.2) is 73.1 Å². The minimum Gasteiger partial charge on any atom is -0.507 e. The number of methoxy groups -OCH3 is 1. The topological polar surface area (TPSA) is 88.5 Å². The number of rotatable bonds is 9. The van der Waals surface area contributed by atoms with Crippen molar-refractivity contribution < 1.29 is 33.3 Å². The zero-order valence-corrected chi connectivity index (χ0v) is 22.2. The van der Waals surface area contributed by atoms with E-state index in [1.165, 1.54) is 24.1 Å². The Labute approximate surface area is 232 Å². The maximum absolute atomic E-state index is 14.5. The average molecular weight is 547 g/mol. The van der Waals surface area contributed by atoms with Crippen molar-refractivity contribution in [3.8, 4) is 17.2 Å². The summed E-state index contributed by atoms with van der Waals surface area (Å²) in [5, 5.41) is 11.3. The Morgan fingerprint density at radius 3 is 2.45 bits per heavy atom. The number of carbonyl (C=O) groups is 2. The Morgan fingerprint density at radius 1 is 0.975 bits per heavy atom. The maximum atomic E-state index is 14.5. The fraction of sp³-hybridized carbons (Fsp3) is 0.290. The summed E-state index contributed by atoms with van der Waals surface area (Å²) in [6.07, 6.45) is 0.626. The van der Waals surface area contributed by atoms with E-state index in [-0.39, 0.29) is 16.9 Å². The van der Waals surface area contributed by atoms with Crippen LogP contribution in [-0.2, 0) is 14.3 Å². The molecule has 2 saturated heterocycles. The van der Waals surface area contributed by atoms with Crippen molar-refractivity contribution in [1.29, 1.82) is 0 Å². The number of Topliss-reactive ketones (excluding diaryl/α,β-unsaturated/α-hetero) is 1. The van der Waals surface area contributed by atoms with E-state index in [2.05, 4.69) is 4.90 Å². The normalized spacial score (nSPS) is 19.1. The van der Waals surface area contributed by atoms with Crippen molar-refractivity contribution in [2.45, 2.75) is 12.5 Å². The van der Waals surface area contributed by atoms with Gasteiger partial charge in [-0.05, 0) is 54.4 Å². The molecule has 3 aromatic carbocycles. The smallest absolute Gasteiger partial charge is 0.295 e. The second kappa shape index (κ2) is 12.3. The molecular formula is C31H31FN2O6. The van der Waals surface area contributed by atoms with Crippen LogP contribution < -0.4 is 9.47 Å². The summed E-state index contributed by atoms with van der Waals surface area (Å²) in [5.41, 5.74) is 0.568. The van der Waals surface area contributed by atoms with Gasteiger partial charge in [-0.15, -0.1) is 0 Å². The van der Waals surface area contributed by atoms with Gasteiger partial charge >= 0.3 is 0 Å². The molecule has 3 aromatic rings. The van der Waals surface area contributed by atoms with Gasteiger partial charge in [0.2, 0.25) is 0 Å². The van der Waals surface area contributed by atoms with E-state index in [4.69, 9.17) is 14.2 Å². The first-order valence-electron chi connectivity index (χ1n) is 13.2. The molecule has 0 saturated carbocycles. The van der Waals surface area contributed by atoms with Crippen molar-refractivity contribution >= 4 is 17.4 Å². The van der Waals surface area contributed by atoms with E-state index in [0.29, 0.717) is 43.2 Å². The lowest BCUT2D eigenvalue weighted by Gasteiger charge is -2.29. The molecule has 1 unspecified atom stereocenters. The lowest BCUT2D eigenvalue weighted by atomic mass is 9.95. The summed E-state index contributed by atoms with van der Waals surface area (Å²) in [4.78, 5) is 30.4. The van der Waals surface area contributed by atoms with Gasteiger partial charge in [0.15, 0.2) is 11.6 Å². The molecule has 0 radical (unpaired) electrons. The van der Waals surface area contributed by atoms with Crippen molar-refractivity contribution in [3.63, 3.8) is 0 Å². The van der Waals surface area contributed by atoms with Gasteiger partial charge < -0.3 is 24.2 Å². The number of aliphatic hydroxyl groups is 1. The molecule has 5 rings (SSSR count). The molecule has 1 N–H and O–H groups in total. The lowest BCUT2D eigenvalue weighted by Crippen LogP contribution is -2.38. The Hall–Kier alpha value is -4.21. The lowest BCUT2D eigenvalue weighted by molar-refractivity contribution is -0.140. The van der Waals surface area contributed by atoms with Gasteiger partial charge in [0.05, 0.1) is 31.9 Å². The van der Waals surface area contributed by atoms with Crippen molar-refractivity contribution in [2.24, 2.45) is 0 Å². The predicted octanol–water partition coefficient (Wildman–Crippen LogP) is 4.77. The first-order chi connectivity index (χ1) is 19.5. The monoisotopic (exact) mass is 546 g/mol. The van der Waals surface area contributed by atoms with E-state index in [1.54, 1.807) is 24.3 Å². The van der Waals surface area contributed by atoms with Crippen LogP contribution in [0.5, 0.6) is 17.2 Å². The summed E-state index contributed by atoms with van der Waals surface area (Å²) >= 11 is 0. The second-order valence-corrected chi connectivity index (χ2v) is 9.64. The summed E-state index contributed by atoms with van der Waals surface area (Å²) < 4.78 is 30.9. The third-order valence-corrected chi connectivity index (χ3v) is 7.09. The number of carbonyl (C=O) groups excluding carboxylic acids is 2. The third-order valence-electron chi connectivity index (χ3n) is 7.09. The molecular weight excluding hydrogens is 515 g/mol. The zero-order valence-electron chi connectivity index (χ0n) is 22.2. The van der Waals surface area contributed by atoms with Crippen LogP contribution >= 0.6 is 0 Å². The summed E-state index contributed by atoms with van der Waals surface area (Å²) in [6, 6.07) is 19.4. The molecule has 9 heteroatoms. The minimum absolute atomic E-state index is 0.00225. The Kier molecular flexibility index (Phi) is 8.42. The van der Waals surface area contributed by atoms with Gasteiger partial charge in [-0.25, -0.2) is 4.39 Å². The van der Waals surface area contributed by atoms with E-state index in [1.807, 2.05) is 30.3 Å². The molecule has 208 valence electrons. The number of hydrogen-bond acceptors (Lipinski definition) is 7. The number of ether oxygens (including phenoxy) is 3. The minimum atomic E-state index is -0.880. The molecule has 8 nitrogen and oxygen atoms in total. The van der Waals surface area contributed by atoms with E-state index >= 15 is 0 Å². The maximum Gasteiger partial charge on any atom is 0.295 e. The zero-order chi connectivity index (χ0) is 28.1. The number of morpholine rings is 1. The molecule has 0 aliphatic carbocycles. The third kappa shape index (κ3) is 5.85. The number of para-hydroxylation sites is 1. The SMILES string of the molecule is COc1ccc(/C(O)=C2\C(=O)C(=O)N(CCCN3CCOCC3)C2c2cccc(Oc3ccccc3)c2)cc1F. The van der Waals surface area contributed by atoms with Crippen LogP contribution in [0, 0.1) is 5.82 Å². The van der Waals surface area contributed by atoms with E-state index in [0.717, 1.165) is 25.7 Å². The summed E-state index contributed by atoms with van der Waals surface area (Å²) in [5.74, 6) is -1.53. The number of aliphatic hydroxyl groups excluding tert-OH is 1. The average Bonchev–Trinajstić information content (AvgIpc) is 3.23. The van der Waals surface area contributed by atoms with Crippen LogP contribution in [0.25, 0.3) is 5.76 Å². The highest BCUT2D eigenvalue weighted by Crippen LogP contribution is 2.41. The van der Waals surface area contributed by atoms with Crippen molar-refractivity contribution in [1.82, 2.24) is 9.80 Å². The highest BCUT2D eigenvalue weighted by molar-refractivity contribution is 6.46. The number of hydrogen-bond donors (Lipinski definition) is 1. The van der Waals surface area contributed by atoms with Gasteiger partial charge in [-0.2, -0.15) is 0 Å². The molecule has 40 heavy (non-hydrogen) atoms. The number of nitrogens with zero attached hydrogens (tertiary/aromatic N) is 2. The molecule has 0 bridgehead atoms. The molecule has 2 aliphatic heterocycles.